The summed E-state index contributed by atoms with van der Waals surface area (Å²) in [5, 5.41) is 3.18. The molecule has 1 amide bonds. The molecule has 0 aliphatic rings. The van der Waals surface area contributed by atoms with Gasteiger partial charge < -0.3 is 10.1 Å². The third kappa shape index (κ3) is 4.70. The summed E-state index contributed by atoms with van der Waals surface area (Å²) in [6.07, 6.45) is 1.72. The lowest BCUT2D eigenvalue weighted by atomic mass is 10.1. The number of rotatable bonds is 7. The number of nitrogens with one attached hydrogen (secondary N) is 1. The first-order chi connectivity index (χ1) is 16.0. The van der Waals surface area contributed by atoms with Crippen LogP contribution < -0.4 is 10.9 Å². The number of fused-ring (bicyclic) bond motifs is 1. The van der Waals surface area contributed by atoms with Gasteiger partial charge in [-0.15, -0.1) is 11.3 Å². The molecule has 0 spiro atoms. The molecule has 0 aliphatic heterocycles. The molecular formula is C25H23N3O4S. The molecule has 7 nitrogen and oxygen atoms in total. The van der Waals surface area contributed by atoms with E-state index in [9.17, 15) is 14.4 Å². The summed E-state index contributed by atoms with van der Waals surface area (Å²) in [5.41, 5.74) is 1.71. The van der Waals surface area contributed by atoms with E-state index in [0.717, 1.165) is 16.9 Å². The Kier molecular flexibility index (Phi) is 6.65. The Labute approximate surface area is 194 Å². The number of ether oxygens (including phenoxy) is 1. The van der Waals surface area contributed by atoms with Crippen molar-refractivity contribution < 1.29 is 14.3 Å². The minimum atomic E-state index is -0.806. The Morgan fingerprint density at radius 3 is 2.42 bits per heavy atom. The van der Waals surface area contributed by atoms with Crippen molar-refractivity contribution in [1.29, 1.82) is 0 Å². The molecule has 4 rings (SSSR count). The van der Waals surface area contributed by atoms with Crippen LogP contribution in [0.1, 0.15) is 40.2 Å². The summed E-state index contributed by atoms with van der Waals surface area (Å²) in [6.45, 7) is 3.66. The molecule has 1 N–H and O–H groups in total. The topological polar surface area (TPSA) is 90.3 Å². The van der Waals surface area contributed by atoms with Crippen LogP contribution in [-0.2, 0) is 16.1 Å². The molecule has 1 atom stereocenters. The van der Waals surface area contributed by atoms with E-state index >= 15 is 0 Å². The average Bonchev–Trinajstić information content (AvgIpc) is 3.18. The standard InChI is InChI=1S/C25H23N3O4S/c1-3-19(25(31)32-14-17-10-6-4-7-11-17)28-15-26-23-20(24(28)30)16(2)21(33-23)22(29)27-18-12-8-5-9-13-18/h4-13,15,19H,3,14H2,1-2H3,(H,27,29). The van der Waals surface area contributed by atoms with Crippen molar-refractivity contribution in [3.8, 4) is 0 Å². The molecule has 2 aromatic carbocycles. The predicted molar refractivity (Wildman–Crippen MR) is 129 cm³/mol. The van der Waals surface area contributed by atoms with E-state index < -0.39 is 12.0 Å². The maximum Gasteiger partial charge on any atom is 0.329 e. The van der Waals surface area contributed by atoms with Gasteiger partial charge in [0, 0.05) is 5.69 Å². The summed E-state index contributed by atoms with van der Waals surface area (Å²) in [4.78, 5) is 44.1. The highest BCUT2D eigenvalue weighted by Gasteiger charge is 2.25. The molecule has 0 fully saturated rings. The van der Waals surface area contributed by atoms with E-state index in [1.807, 2.05) is 55.5 Å². The van der Waals surface area contributed by atoms with E-state index in [2.05, 4.69) is 10.3 Å². The fraction of sp³-hybridized carbons (Fsp3) is 0.200. The van der Waals surface area contributed by atoms with Crippen molar-refractivity contribution >= 4 is 39.1 Å². The lowest BCUT2D eigenvalue weighted by Crippen LogP contribution is -2.31. The zero-order valence-corrected chi connectivity index (χ0v) is 19.1. The van der Waals surface area contributed by atoms with Gasteiger partial charge in [0.25, 0.3) is 11.5 Å². The van der Waals surface area contributed by atoms with Gasteiger partial charge in [0.2, 0.25) is 0 Å². The number of nitrogens with zero attached hydrogens (tertiary/aromatic N) is 2. The van der Waals surface area contributed by atoms with Crippen molar-refractivity contribution in [2.75, 3.05) is 5.32 Å². The van der Waals surface area contributed by atoms with Gasteiger partial charge in [-0.2, -0.15) is 0 Å². The predicted octanol–water partition coefficient (Wildman–Crippen LogP) is 4.71. The second-order valence-electron chi connectivity index (χ2n) is 7.53. The van der Waals surface area contributed by atoms with Crippen LogP contribution in [0.15, 0.2) is 71.8 Å². The Bertz CT molecular complexity index is 1350. The van der Waals surface area contributed by atoms with Crippen molar-refractivity contribution in [1.82, 2.24) is 9.55 Å². The van der Waals surface area contributed by atoms with Gasteiger partial charge in [-0.3, -0.25) is 14.2 Å². The molecule has 0 saturated carbocycles. The van der Waals surface area contributed by atoms with Crippen molar-refractivity contribution in [2.45, 2.75) is 32.9 Å². The number of para-hydroxylation sites is 1. The number of carbonyl (C=O) groups excluding carboxylic acids is 2. The summed E-state index contributed by atoms with van der Waals surface area (Å²) < 4.78 is 6.75. The van der Waals surface area contributed by atoms with Crippen LogP contribution >= 0.6 is 11.3 Å². The van der Waals surface area contributed by atoms with Gasteiger partial charge in [-0.1, -0.05) is 55.5 Å². The molecule has 33 heavy (non-hydrogen) atoms. The van der Waals surface area contributed by atoms with Crippen LogP contribution in [0.3, 0.4) is 0 Å². The smallest absolute Gasteiger partial charge is 0.329 e. The molecule has 0 saturated heterocycles. The zero-order chi connectivity index (χ0) is 23.4. The first-order valence-corrected chi connectivity index (χ1v) is 11.4. The summed E-state index contributed by atoms with van der Waals surface area (Å²) >= 11 is 1.16. The van der Waals surface area contributed by atoms with Gasteiger partial charge in [0.1, 0.15) is 17.5 Å². The SMILES string of the molecule is CCC(C(=O)OCc1ccccc1)n1cnc2sc(C(=O)Nc3ccccc3)c(C)c2c1=O. The third-order valence-electron chi connectivity index (χ3n) is 5.33. The number of amides is 1. The fourth-order valence-electron chi connectivity index (χ4n) is 3.59. The van der Waals surface area contributed by atoms with E-state index in [4.69, 9.17) is 4.74 Å². The maximum atomic E-state index is 13.3. The Balaban J connectivity index is 1.61. The Morgan fingerprint density at radius 1 is 1.09 bits per heavy atom. The quantitative estimate of drug-likeness (QED) is 0.403. The second-order valence-corrected chi connectivity index (χ2v) is 8.53. The minimum Gasteiger partial charge on any atom is -0.459 e. The van der Waals surface area contributed by atoms with Crippen LogP contribution in [0, 0.1) is 6.92 Å². The number of thiophene rings is 1. The van der Waals surface area contributed by atoms with Crippen LogP contribution in [-0.4, -0.2) is 21.4 Å². The number of esters is 1. The van der Waals surface area contributed by atoms with Crippen LogP contribution in [0.2, 0.25) is 0 Å². The van der Waals surface area contributed by atoms with Gasteiger partial charge in [0.05, 0.1) is 16.6 Å². The minimum absolute atomic E-state index is 0.127. The zero-order valence-electron chi connectivity index (χ0n) is 18.3. The highest BCUT2D eigenvalue weighted by Crippen LogP contribution is 2.28. The molecule has 0 radical (unpaired) electrons. The largest absolute Gasteiger partial charge is 0.459 e. The second kappa shape index (κ2) is 9.79. The molecule has 0 aliphatic carbocycles. The number of hydrogen-bond acceptors (Lipinski definition) is 6. The van der Waals surface area contributed by atoms with Gasteiger partial charge >= 0.3 is 5.97 Å². The molecule has 1 unspecified atom stereocenters. The van der Waals surface area contributed by atoms with Crippen molar-refractivity contribution in [3.63, 3.8) is 0 Å². The first kappa shape index (κ1) is 22.4. The first-order valence-electron chi connectivity index (χ1n) is 10.6. The molecule has 0 bridgehead atoms. The number of aromatic nitrogens is 2. The summed E-state index contributed by atoms with van der Waals surface area (Å²) in [7, 11) is 0. The monoisotopic (exact) mass is 461 g/mol. The van der Waals surface area contributed by atoms with E-state index in [1.165, 1.54) is 10.9 Å². The number of anilines is 1. The third-order valence-corrected chi connectivity index (χ3v) is 6.53. The van der Waals surface area contributed by atoms with Gasteiger partial charge in [0.15, 0.2) is 0 Å². The van der Waals surface area contributed by atoms with E-state index in [1.54, 1.807) is 19.1 Å². The van der Waals surface area contributed by atoms with Crippen LogP contribution in [0.25, 0.3) is 10.2 Å². The molecule has 2 heterocycles. The molecule has 168 valence electrons. The highest BCUT2D eigenvalue weighted by molar-refractivity contribution is 7.20. The molecule has 4 aromatic rings. The lowest BCUT2D eigenvalue weighted by molar-refractivity contribution is -0.149. The van der Waals surface area contributed by atoms with E-state index in [0.29, 0.717) is 32.8 Å². The number of benzene rings is 2. The Hall–Kier alpha value is -3.78. The summed E-state index contributed by atoms with van der Waals surface area (Å²) in [5.74, 6) is -0.804. The van der Waals surface area contributed by atoms with Gasteiger partial charge in [-0.05, 0) is 36.6 Å². The molecule has 8 heteroatoms. The number of aryl methyl sites for hydroxylation is 1. The van der Waals surface area contributed by atoms with Crippen molar-refractivity contribution in [3.05, 3.63) is 93.3 Å². The molecular weight excluding hydrogens is 438 g/mol. The van der Waals surface area contributed by atoms with Crippen LogP contribution in [0.5, 0.6) is 0 Å². The normalized spacial score (nSPS) is 11.8. The van der Waals surface area contributed by atoms with Crippen molar-refractivity contribution in [2.24, 2.45) is 0 Å². The lowest BCUT2D eigenvalue weighted by Gasteiger charge is -2.17. The number of carbonyl (C=O) groups is 2. The molecule has 2 aromatic heterocycles. The summed E-state index contributed by atoms with van der Waals surface area (Å²) in [6, 6.07) is 17.7. The maximum absolute atomic E-state index is 13.3. The van der Waals surface area contributed by atoms with E-state index in [-0.39, 0.29) is 18.1 Å². The van der Waals surface area contributed by atoms with Gasteiger partial charge in [-0.25, -0.2) is 9.78 Å². The average molecular weight is 462 g/mol. The highest BCUT2D eigenvalue weighted by atomic mass is 32.1. The number of hydrogen-bond donors (Lipinski definition) is 1. The Morgan fingerprint density at radius 2 is 1.76 bits per heavy atom. The van der Waals surface area contributed by atoms with Crippen LogP contribution in [0.4, 0.5) is 5.69 Å². The fourth-order valence-corrected chi connectivity index (χ4v) is 4.62.